The Morgan fingerprint density at radius 3 is 2.91 bits per heavy atom. The number of epoxide rings is 1. The Morgan fingerprint density at radius 1 is 1.64 bits per heavy atom. The van der Waals surface area contributed by atoms with Gasteiger partial charge in [-0.2, -0.15) is 0 Å². The number of hydrogen-bond donors (Lipinski definition) is 0. The second-order valence-electron chi connectivity index (χ2n) is 2.69. The first-order chi connectivity index (χ1) is 5.25. The topological polar surface area (TPSA) is 25.4 Å². The average Bonchev–Trinajstić information content (AvgIpc) is 2.64. The molecule has 2 nitrogen and oxygen atoms in total. The Hall–Kier alpha value is -0.600. The van der Waals surface area contributed by atoms with Crippen molar-refractivity contribution in [1.29, 1.82) is 0 Å². The zero-order valence-electron chi connectivity index (χ0n) is 6.17. The van der Waals surface area contributed by atoms with Crippen LogP contribution in [0.3, 0.4) is 0 Å². The zero-order chi connectivity index (χ0) is 7.84. The zero-order valence-corrected chi connectivity index (χ0v) is 6.93. The summed E-state index contributed by atoms with van der Waals surface area (Å²) < 4.78 is 5.12. The molecule has 0 amide bonds. The Labute approximate surface area is 70.2 Å². The van der Waals surface area contributed by atoms with Gasteiger partial charge in [-0.15, -0.1) is 0 Å². The lowest BCUT2D eigenvalue weighted by atomic mass is 10.2. The van der Waals surface area contributed by atoms with Crippen LogP contribution in [0.15, 0.2) is 12.1 Å². The molecule has 0 spiro atoms. The molecule has 1 aromatic heterocycles. The van der Waals surface area contributed by atoms with Crippen molar-refractivity contribution in [2.24, 2.45) is 0 Å². The molecule has 3 heteroatoms. The van der Waals surface area contributed by atoms with E-state index in [1.807, 2.05) is 19.1 Å². The van der Waals surface area contributed by atoms with Gasteiger partial charge in [-0.3, -0.25) is 0 Å². The van der Waals surface area contributed by atoms with Crippen molar-refractivity contribution in [1.82, 2.24) is 4.98 Å². The van der Waals surface area contributed by atoms with Crippen molar-refractivity contribution in [3.05, 3.63) is 28.5 Å². The van der Waals surface area contributed by atoms with Crippen LogP contribution in [0.5, 0.6) is 0 Å². The molecular weight excluding hydrogens is 162 g/mol. The minimum Gasteiger partial charge on any atom is -0.368 e. The van der Waals surface area contributed by atoms with Crippen LogP contribution < -0.4 is 0 Å². The first-order valence-electron chi connectivity index (χ1n) is 3.51. The molecule has 1 saturated heterocycles. The number of ether oxygens (including phenoxy) is 1. The largest absolute Gasteiger partial charge is 0.368 e. The number of nitrogens with zero attached hydrogens (tertiary/aromatic N) is 1. The van der Waals surface area contributed by atoms with Gasteiger partial charge in [-0.05, 0) is 24.6 Å². The number of aryl methyl sites for hydroxylation is 1. The molecule has 0 aliphatic carbocycles. The Bertz CT molecular complexity index is 263. The minimum atomic E-state index is 0.272. The Morgan fingerprint density at radius 2 is 2.36 bits per heavy atom. The van der Waals surface area contributed by atoms with Crippen molar-refractivity contribution in [2.75, 3.05) is 6.61 Å². The fourth-order valence-corrected chi connectivity index (χ4v) is 1.34. The van der Waals surface area contributed by atoms with E-state index in [0.717, 1.165) is 17.9 Å². The highest BCUT2D eigenvalue weighted by Crippen LogP contribution is 2.30. The van der Waals surface area contributed by atoms with Crippen molar-refractivity contribution in [3.8, 4) is 0 Å². The van der Waals surface area contributed by atoms with E-state index in [9.17, 15) is 0 Å². The molecule has 2 heterocycles. The predicted molar refractivity (Wildman–Crippen MR) is 42.7 cm³/mol. The van der Waals surface area contributed by atoms with Crippen molar-refractivity contribution < 1.29 is 4.74 Å². The maximum atomic E-state index is 5.76. The van der Waals surface area contributed by atoms with Crippen LogP contribution in [-0.4, -0.2) is 11.6 Å². The van der Waals surface area contributed by atoms with Gasteiger partial charge in [0.25, 0.3) is 0 Å². The summed E-state index contributed by atoms with van der Waals surface area (Å²) in [5, 5.41) is 0.551. The monoisotopic (exact) mass is 169 g/mol. The van der Waals surface area contributed by atoms with Gasteiger partial charge < -0.3 is 4.74 Å². The van der Waals surface area contributed by atoms with Crippen molar-refractivity contribution in [3.63, 3.8) is 0 Å². The maximum Gasteiger partial charge on any atom is 0.129 e. The van der Waals surface area contributed by atoms with Crippen LogP contribution in [0.2, 0.25) is 5.15 Å². The van der Waals surface area contributed by atoms with E-state index in [4.69, 9.17) is 16.3 Å². The van der Waals surface area contributed by atoms with Gasteiger partial charge in [0.15, 0.2) is 0 Å². The molecule has 0 saturated carbocycles. The molecule has 0 radical (unpaired) electrons. The smallest absolute Gasteiger partial charge is 0.129 e. The molecule has 11 heavy (non-hydrogen) atoms. The summed E-state index contributed by atoms with van der Waals surface area (Å²) in [6, 6.07) is 3.86. The molecule has 1 aliphatic heterocycles. The van der Waals surface area contributed by atoms with E-state index >= 15 is 0 Å². The van der Waals surface area contributed by atoms with E-state index < -0.39 is 0 Å². The second-order valence-corrected chi connectivity index (χ2v) is 3.07. The van der Waals surface area contributed by atoms with Gasteiger partial charge in [0.1, 0.15) is 11.3 Å². The molecule has 1 aliphatic rings. The summed E-state index contributed by atoms with van der Waals surface area (Å²) >= 11 is 5.76. The predicted octanol–water partition coefficient (Wildman–Crippen LogP) is 2.11. The average molecular weight is 170 g/mol. The van der Waals surface area contributed by atoms with E-state index in [1.165, 1.54) is 0 Å². The number of aromatic nitrogens is 1. The number of rotatable bonds is 1. The molecule has 0 unspecified atom stereocenters. The maximum absolute atomic E-state index is 5.76. The Balaban J connectivity index is 2.39. The second kappa shape index (κ2) is 2.47. The van der Waals surface area contributed by atoms with Gasteiger partial charge >= 0.3 is 0 Å². The van der Waals surface area contributed by atoms with Crippen molar-refractivity contribution >= 4 is 11.6 Å². The molecule has 1 aromatic rings. The van der Waals surface area contributed by atoms with E-state index in [0.29, 0.717) is 5.15 Å². The fraction of sp³-hybridized carbons (Fsp3) is 0.375. The van der Waals surface area contributed by atoms with Crippen LogP contribution >= 0.6 is 11.6 Å². The van der Waals surface area contributed by atoms with Crippen molar-refractivity contribution in [2.45, 2.75) is 13.0 Å². The molecule has 0 bridgehead atoms. The van der Waals surface area contributed by atoms with E-state index in [2.05, 4.69) is 4.98 Å². The molecule has 0 N–H and O–H groups in total. The van der Waals surface area contributed by atoms with Gasteiger partial charge in [-0.25, -0.2) is 4.98 Å². The third-order valence-electron chi connectivity index (χ3n) is 1.65. The first-order valence-corrected chi connectivity index (χ1v) is 3.89. The molecule has 1 fully saturated rings. The highest BCUT2D eigenvalue weighted by Gasteiger charge is 2.25. The number of halogens is 1. The van der Waals surface area contributed by atoms with Crippen LogP contribution in [0.4, 0.5) is 0 Å². The SMILES string of the molecule is Cc1cc([C@@H]2CO2)cc(Cl)n1. The quantitative estimate of drug-likeness (QED) is 0.475. The molecule has 2 rings (SSSR count). The van der Waals surface area contributed by atoms with Crippen LogP contribution in [0, 0.1) is 6.92 Å². The third kappa shape index (κ3) is 1.52. The van der Waals surface area contributed by atoms with Gasteiger partial charge in [0.2, 0.25) is 0 Å². The summed E-state index contributed by atoms with van der Waals surface area (Å²) in [6.45, 7) is 2.75. The van der Waals surface area contributed by atoms with Gasteiger partial charge in [0, 0.05) is 5.69 Å². The first kappa shape index (κ1) is 7.07. The molecule has 58 valence electrons. The minimum absolute atomic E-state index is 0.272. The molecule has 0 aromatic carbocycles. The van der Waals surface area contributed by atoms with Crippen LogP contribution in [0.1, 0.15) is 17.4 Å². The summed E-state index contributed by atoms with van der Waals surface area (Å²) in [6.07, 6.45) is 0.272. The number of pyridine rings is 1. The van der Waals surface area contributed by atoms with Crippen LogP contribution in [0.25, 0.3) is 0 Å². The van der Waals surface area contributed by atoms with Gasteiger partial charge in [-0.1, -0.05) is 11.6 Å². The lowest BCUT2D eigenvalue weighted by Gasteiger charge is -1.97. The number of hydrogen-bond acceptors (Lipinski definition) is 2. The molecular formula is C8H8ClNO. The summed E-state index contributed by atoms with van der Waals surface area (Å²) in [5.74, 6) is 0. The van der Waals surface area contributed by atoms with Gasteiger partial charge in [0.05, 0.1) is 6.61 Å². The summed E-state index contributed by atoms with van der Waals surface area (Å²) in [7, 11) is 0. The Kier molecular flexibility index (Phi) is 1.59. The standard InChI is InChI=1S/C8H8ClNO/c1-5-2-6(7-4-11-7)3-8(9)10-5/h2-3,7H,4H2,1H3/t7-/m0/s1. The lowest BCUT2D eigenvalue weighted by molar-refractivity contribution is 0.415. The highest BCUT2D eigenvalue weighted by molar-refractivity contribution is 6.29. The molecule has 1 atom stereocenters. The van der Waals surface area contributed by atoms with E-state index in [-0.39, 0.29) is 6.10 Å². The third-order valence-corrected chi connectivity index (χ3v) is 1.84. The lowest BCUT2D eigenvalue weighted by Crippen LogP contribution is -1.86. The highest BCUT2D eigenvalue weighted by atomic mass is 35.5. The summed E-state index contributed by atoms with van der Waals surface area (Å²) in [4.78, 5) is 4.05. The van der Waals surface area contributed by atoms with Crippen LogP contribution in [-0.2, 0) is 4.74 Å². The fourth-order valence-electron chi connectivity index (χ4n) is 1.08. The van der Waals surface area contributed by atoms with E-state index in [1.54, 1.807) is 0 Å². The normalized spacial score (nSPS) is 21.8. The summed E-state index contributed by atoms with van der Waals surface area (Å²) in [5.41, 5.74) is 2.09.